The Labute approximate surface area is 178 Å². The Bertz CT molecular complexity index is 1010. The van der Waals surface area contributed by atoms with Gasteiger partial charge < -0.3 is 10.1 Å². The van der Waals surface area contributed by atoms with E-state index in [-0.39, 0.29) is 29.3 Å². The Morgan fingerprint density at radius 1 is 1.20 bits per heavy atom. The number of fused-ring (bicyclic) bond motifs is 2. The van der Waals surface area contributed by atoms with Crippen LogP contribution in [-0.2, 0) is 22.6 Å². The van der Waals surface area contributed by atoms with Crippen LogP contribution >= 0.6 is 0 Å². The molecule has 1 N–H and O–H groups in total. The second-order valence-electron chi connectivity index (χ2n) is 9.51. The number of imidazole rings is 1. The summed E-state index contributed by atoms with van der Waals surface area (Å²) in [5, 5.41) is 3.28. The number of benzene rings is 1. The van der Waals surface area contributed by atoms with Crippen molar-refractivity contribution >= 4 is 16.9 Å². The molecule has 4 rings (SSSR count). The Kier molecular flexibility index (Phi) is 5.56. The van der Waals surface area contributed by atoms with Gasteiger partial charge in [0.05, 0.1) is 23.2 Å². The third-order valence-electron chi connectivity index (χ3n) is 7.33. The molecule has 1 aromatic carbocycles. The topological polar surface area (TPSA) is 65.3 Å². The van der Waals surface area contributed by atoms with Gasteiger partial charge in [0.25, 0.3) is 0 Å². The number of carbonyl (C=O) groups is 1. The molecule has 1 amide bonds. The minimum Gasteiger partial charge on any atom is -0.370 e. The third kappa shape index (κ3) is 3.49. The zero-order valence-corrected chi connectivity index (χ0v) is 18.9. The minimum absolute atomic E-state index is 0.0193. The van der Waals surface area contributed by atoms with Gasteiger partial charge in [-0.1, -0.05) is 19.4 Å². The maximum Gasteiger partial charge on any atom is 0.329 e. The van der Waals surface area contributed by atoms with Crippen LogP contribution < -0.4 is 11.0 Å². The molecule has 1 aliphatic heterocycles. The predicted molar refractivity (Wildman–Crippen MR) is 119 cm³/mol. The van der Waals surface area contributed by atoms with E-state index in [2.05, 4.69) is 37.4 Å². The van der Waals surface area contributed by atoms with Crippen molar-refractivity contribution in [2.24, 2.45) is 11.8 Å². The standard InChI is InChI=1S/C24H35N3O3/c1-6-26-19-11-9-17(13-20(19)27(7-2)23(26)29)22-14-24(5,25-16(4)28)18-10-8-15(3)12-21(18)30-22/h9,11,13,15,18,21-22H,6-8,10,12,14H2,1-5H3,(H,25,28)/t15-,18-,21-,22-,24-/m1/s1. The van der Waals surface area contributed by atoms with Crippen molar-refractivity contribution in [1.82, 2.24) is 14.5 Å². The second-order valence-corrected chi connectivity index (χ2v) is 9.51. The summed E-state index contributed by atoms with van der Waals surface area (Å²) < 4.78 is 10.3. The summed E-state index contributed by atoms with van der Waals surface area (Å²) in [6.07, 6.45) is 4.10. The van der Waals surface area contributed by atoms with Gasteiger partial charge in [-0.25, -0.2) is 4.79 Å². The van der Waals surface area contributed by atoms with Crippen LogP contribution in [0.5, 0.6) is 0 Å². The molecule has 6 nitrogen and oxygen atoms in total. The van der Waals surface area contributed by atoms with Crippen LogP contribution in [0.4, 0.5) is 0 Å². The third-order valence-corrected chi connectivity index (χ3v) is 7.33. The fraction of sp³-hybridized carbons (Fsp3) is 0.667. The highest BCUT2D eigenvalue weighted by Gasteiger charge is 2.49. The number of carbonyl (C=O) groups excluding carboxylic acids is 1. The molecular weight excluding hydrogens is 378 g/mol. The molecular formula is C24H35N3O3. The van der Waals surface area contributed by atoms with E-state index in [4.69, 9.17) is 4.74 Å². The summed E-state index contributed by atoms with van der Waals surface area (Å²) in [6, 6.07) is 6.27. The first-order valence-electron chi connectivity index (χ1n) is 11.4. The maximum atomic E-state index is 12.7. The Balaban J connectivity index is 1.74. The van der Waals surface area contributed by atoms with Crippen molar-refractivity contribution in [3.8, 4) is 0 Å². The highest BCUT2D eigenvalue weighted by atomic mass is 16.5. The smallest absolute Gasteiger partial charge is 0.329 e. The van der Waals surface area contributed by atoms with Crippen molar-refractivity contribution in [2.45, 2.75) is 91.1 Å². The van der Waals surface area contributed by atoms with Gasteiger partial charge in [0.2, 0.25) is 5.91 Å². The van der Waals surface area contributed by atoms with Gasteiger partial charge >= 0.3 is 5.69 Å². The average molecular weight is 414 g/mol. The minimum atomic E-state index is -0.283. The molecule has 164 valence electrons. The Morgan fingerprint density at radius 2 is 1.90 bits per heavy atom. The molecule has 0 bridgehead atoms. The van der Waals surface area contributed by atoms with Crippen molar-refractivity contribution in [3.05, 3.63) is 34.2 Å². The number of hydrogen-bond acceptors (Lipinski definition) is 3. The number of ether oxygens (including phenoxy) is 1. The summed E-state index contributed by atoms with van der Waals surface area (Å²) in [4.78, 5) is 24.8. The molecule has 2 aliphatic rings. The fourth-order valence-electron chi connectivity index (χ4n) is 5.89. The number of aromatic nitrogens is 2. The van der Waals surface area contributed by atoms with Gasteiger partial charge in [0, 0.05) is 37.9 Å². The molecule has 0 radical (unpaired) electrons. The number of hydrogen-bond donors (Lipinski definition) is 1. The van der Waals surface area contributed by atoms with Crippen molar-refractivity contribution in [3.63, 3.8) is 0 Å². The van der Waals surface area contributed by atoms with E-state index in [9.17, 15) is 9.59 Å². The van der Waals surface area contributed by atoms with Crippen molar-refractivity contribution in [2.75, 3.05) is 0 Å². The van der Waals surface area contributed by atoms with Gasteiger partial charge in [-0.2, -0.15) is 0 Å². The summed E-state index contributed by atoms with van der Waals surface area (Å²) in [5.41, 5.74) is 2.78. The van der Waals surface area contributed by atoms with Crippen molar-refractivity contribution < 1.29 is 9.53 Å². The van der Waals surface area contributed by atoms with Crippen LogP contribution in [0, 0.1) is 11.8 Å². The molecule has 0 unspecified atom stereocenters. The number of aryl methyl sites for hydroxylation is 2. The van der Waals surface area contributed by atoms with Gasteiger partial charge in [-0.15, -0.1) is 0 Å². The molecule has 0 spiro atoms. The number of nitrogens with zero attached hydrogens (tertiary/aromatic N) is 2. The molecule has 2 heterocycles. The molecule has 6 heteroatoms. The van der Waals surface area contributed by atoms with Crippen LogP contribution in [0.15, 0.2) is 23.0 Å². The van der Waals surface area contributed by atoms with E-state index in [1.54, 1.807) is 6.92 Å². The first-order valence-corrected chi connectivity index (χ1v) is 11.4. The van der Waals surface area contributed by atoms with E-state index in [0.717, 1.165) is 35.9 Å². The van der Waals surface area contributed by atoms with Gasteiger partial charge in [0.15, 0.2) is 0 Å². The summed E-state index contributed by atoms with van der Waals surface area (Å²) >= 11 is 0. The molecule has 1 aliphatic carbocycles. The lowest BCUT2D eigenvalue weighted by atomic mass is 9.66. The number of nitrogens with one attached hydrogen (secondary N) is 1. The van der Waals surface area contributed by atoms with Gasteiger partial charge in [0.1, 0.15) is 0 Å². The average Bonchev–Trinajstić information content (AvgIpc) is 2.96. The summed E-state index contributed by atoms with van der Waals surface area (Å²) in [7, 11) is 0. The van der Waals surface area contributed by atoms with Gasteiger partial charge in [-0.05, 0) is 57.2 Å². The molecule has 2 aromatic rings. The lowest BCUT2D eigenvalue weighted by molar-refractivity contribution is -0.153. The maximum absolute atomic E-state index is 12.7. The molecule has 1 aromatic heterocycles. The fourth-order valence-corrected chi connectivity index (χ4v) is 5.89. The zero-order chi connectivity index (χ0) is 21.6. The van der Waals surface area contributed by atoms with E-state index in [1.807, 2.05) is 23.0 Å². The highest BCUT2D eigenvalue weighted by Crippen LogP contribution is 2.48. The van der Waals surface area contributed by atoms with E-state index < -0.39 is 0 Å². The van der Waals surface area contributed by atoms with Crippen molar-refractivity contribution in [1.29, 1.82) is 0 Å². The number of rotatable bonds is 4. The zero-order valence-electron chi connectivity index (χ0n) is 18.9. The second kappa shape index (κ2) is 7.88. The van der Waals surface area contributed by atoms with E-state index in [0.29, 0.717) is 24.9 Å². The summed E-state index contributed by atoms with van der Waals surface area (Å²) in [5.74, 6) is 0.997. The highest BCUT2D eigenvalue weighted by molar-refractivity contribution is 5.77. The Hall–Kier alpha value is -2.08. The largest absolute Gasteiger partial charge is 0.370 e. The van der Waals surface area contributed by atoms with E-state index in [1.165, 1.54) is 6.42 Å². The van der Waals surface area contributed by atoms with Crippen LogP contribution in [0.25, 0.3) is 11.0 Å². The lowest BCUT2D eigenvalue weighted by Gasteiger charge is -2.52. The lowest BCUT2D eigenvalue weighted by Crippen LogP contribution is -2.60. The molecule has 2 fully saturated rings. The first-order chi connectivity index (χ1) is 14.3. The van der Waals surface area contributed by atoms with Crippen LogP contribution in [0.3, 0.4) is 0 Å². The van der Waals surface area contributed by atoms with Crippen LogP contribution in [0.2, 0.25) is 0 Å². The summed E-state index contributed by atoms with van der Waals surface area (Å²) in [6.45, 7) is 11.4. The van der Waals surface area contributed by atoms with Gasteiger partial charge in [-0.3, -0.25) is 13.9 Å². The van der Waals surface area contributed by atoms with Crippen LogP contribution in [-0.4, -0.2) is 26.7 Å². The van der Waals surface area contributed by atoms with E-state index >= 15 is 0 Å². The number of amides is 1. The molecule has 1 saturated carbocycles. The quantitative estimate of drug-likeness (QED) is 0.824. The predicted octanol–water partition coefficient (Wildman–Crippen LogP) is 4.00. The first kappa shape index (κ1) is 21.2. The molecule has 1 saturated heterocycles. The normalized spacial score (nSPS) is 31.5. The monoisotopic (exact) mass is 413 g/mol. The SMILES string of the molecule is CCn1c(=O)n(CC)c2cc([C@H]3C[C@@](C)(NC(C)=O)[C@@H]4CC[C@@H](C)C[C@H]4O3)ccc21. The molecule has 30 heavy (non-hydrogen) atoms. The van der Waals surface area contributed by atoms with Crippen LogP contribution in [0.1, 0.15) is 72.0 Å². The Morgan fingerprint density at radius 3 is 2.57 bits per heavy atom. The molecule has 5 atom stereocenters.